The number of benzene rings is 1. The van der Waals surface area contributed by atoms with Gasteiger partial charge in [0.25, 0.3) is 0 Å². The molecule has 0 spiro atoms. The molecule has 3 nitrogen and oxygen atoms in total. The van der Waals surface area contributed by atoms with Gasteiger partial charge in [-0.1, -0.05) is 43.5 Å². The van der Waals surface area contributed by atoms with Crippen LogP contribution in [0.3, 0.4) is 0 Å². The van der Waals surface area contributed by atoms with Crippen LogP contribution in [0, 0.1) is 11.3 Å². The summed E-state index contributed by atoms with van der Waals surface area (Å²) in [5.41, 5.74) is 3.54. The van der Waals surface area contributed by atoms with Crippen LogP contribution in [-0.2, 0) is 10.7 Å². The molecule has 0 aliphatic rings. The van der Waals surface area contributed by atoms with E-state index in [4.69, 9.17) is 16.9 Å². The lowest BCUT2D eigenvalue weighted by Gasteiger charge is -2.06. The normalized spacial score (nSPS) is 10.5. The minimum Gasteiger partial charge on any atom is -0.248 e. The van der Waals surface area contributed by atoms with Crippen molar-refractivity contribution in [3.63, 3.8) is 0 Å². The molecule has 17 heavy (non-hydrogen) atoms. The van der Waals surface area contributed by atoms with Crippen LogP contribution in [0.25, 0.3) is 11.0 Å². The van der Waals surface area contributed by atoms with E-state index in [1.165, 1.54) is 0 Å². The Bertz CT molecular complexity index is 622. The Morgan fingerprint density at radius 1 is 1.12 bits per heavy atom. The number of fused-ring (bicyclic) bond motifs is 1. The molecule has 0 N–H and O–H groups in total. The number of nitrogens with zero attached hydrogens (tertiary/aromatic N) is 3. The van der Waals surface area contributed by atoms with Crippen molar-refractivity contribution < 1.29 is 0 Å². The zero-order valence-electron chi connectivity index (χ0n) is 8.54. The molecule has 1 aromatic carbocycles. The van der Waals surface area contributed by atoms with Crippen molar-refractivity contribution >= 4 is 54.5 Å². The van der Waals surface area contributed by atoms with Gasteiger partial charge >= 0.3 is 0 Å². The fraction of sp³-hybridized carbons (Fsp3) is 0.182. The van der Waals surface area contributed by atoms with Gasteiger partial charge in [-0.3, -0.25) is 0 Å². The lowest BCUT2D eigenvalue weighted by atomic mass is 10.2. The van der Waals surface area contributed by atoms with Crippen molar-refractivity contribution in [2.75, 3.05) is 0 Å². The highest BCUT2D eigenvalue weighted by Gasteiger charge is 2.09. The summed E-state index contributed by atoms with van der Waals surface area (Å²) in [5, 5.41) is 10.6. The summed E-state index contributed by atoms with van der Waals surface area (Å²) in [6, 6.07) is 5.37. The van der Waals surface area contributed by atoms with Crippen LogP contribution in [0.15, 0.2) is 12.1 Å². The lowest BCUT2D eigenvalue weighted by Crippen LogP contribution is -1.99. The molecule has 0 fully saturated rings. The second kappa shape index (κ2) is 5.30. The first-order valence-corrected chi connectivity index (χ1v) is 7.32. The summed E-state index contributed by atoms with van der Waals surface area (Å²) in [7, 11) is 0. The highest BCUT2D eigenvalue weighted by atomic mass is 79.9. The Balaban J connectivity index is 2.75. The summed E-state index contributed by atoms with van der Waals surface area (Å²) >= 11 is 12.7. The van der Waals surface area contributed by atoms with Crippen molar-refractivity contribution in [3.8, 4) is 6.07 Å². The fourth-order valence-corrected chi connectivity index (χ4v) is 2.55. The first kappa shape index (κ1) is 12.7. The molecule has 1 aromatic heterocycles. The maximum absolute atomic E-state index is 8.91. The van der Waals surface area contributed by atoms with Gasteiger partial charge in [-0.2, -0.15) is 5.26 Å². The van der Waals surface area contributed by atoms with Gasteiger partial charge in [0.05, 0.1) is 33.0 Å². The molecule has 0 saturated heterocycles. The van der Waals surface area contributed by atoms with Crippen LogP contribution >= 0.6 is 43.5 Å². The van der Waals surface area contributed by atoms with Gasteiger partial charge in [0.1, 0.15) is 6.07 Å². The zero-order valence-corrected chi connectivity index (χ0v) is 12.5. The van der Waals surface area contributed by atoms with E-state index in [0.717, 1.165) is 11.4 Å². The van der Waals surface area contributed by atoms with Crippen molar-refractivity contribution in [3.05, 3.63) is 34.1 Å². The van der Waals surface area contributed by atoms with Gasteiger partial charge in [-0.25, -0.2) is 9.97 Å². The molecule has 6 heteroatoms. The van der Waals surface area contributed by atoms with E-state index >= 15 is 0 Å². The molecule has 0 aliphatic carbocycles. The lowest BCUT2D eigenvalue weighted by molar-refractivity contribution is 1.08. The quantitative estimate of drug-likeness (QED) is 0.747. The maximum Gasteiger partial charge on any atom is 0.101 e. The van der Waals surface area contributed by atoms with Gasteiger partial charge in [-0.15, -0.1) is 0 Å². The molecule has 0 amide bonds. The van der Waals surface area contributed by atoms with Crippen molar-refractivity contribution in [2.24, 2.45) is 0 Å². The summed E-state index contributed by atoms with van der Waals surface area (Å²) in [6.07, 6.45) is 0. The number of hydrogen-bond donors (Lipinski definition) is 0. The van der Waals surface area contributed by atoms with E-state index in [1.54, 1.807) is 12.1 Å². The van der Waals surface area contributed by atoms with Crippen molar-refractivity contribution in [1.82, 2.24) is 9.97 Å². The maximum atomic E-state index is 8.91. The molecule has 2 rings (SSSR count). The molecule has 0 unspecified atom stereocenters. The minimum atomic E-state index is 0.404. The minimum absolute atomic E-state index is 0.404. The first-order valence-electron chi connectivity index (χ1n) is 4.70. The number of rotatable bonds is 2. The van der Waals surface area contributed by atoms with Crippen LogP contribution in [0.4, 0.5) is 0 Å². The largest absolute Gasteiger partial charge is 0.248 e. The molecular formula is C11H6Br2ClN3. The standard InChI is InChI=1S/C11H6Br2ClN3/c12-3-10-11(4-13)17-9-2-7(14)6(5-15)1-8(9)16-10/h1-2H,3-4H2. The zero-order chi connectivity index (χ0) is 12.4. The molecule has 2 aromatic rings. The van der Waals surface area contributed by atoms with Gasteiger partial charge in [0, 0.05) is 10.7 Å². The average molecular weight is 375 g/mol. The highest BCUT2D eigenvalue weighted by Crippen LogP contribution is 2.23. The Kier molecular flexibility index (Phi) is 3.97. The molecule has 0 atom stereocenters. The van der Waals surface area contributed by atoms with Crippen molar-refractivity contribution in [1.29, 1.82) is 5.26 Å². The second-order valence-electron chi connectivity index (χ2n) is 3.32. The third kappa shape index (κ3) is 2.44. The van der Waals surface area contributed by atoms with Crippen LogP contribution < -0.4 is 0 Å². The predicted octanol–water partition coefficient (Wildman–Crippen LogP) is 3.94. The average Bonchev–Trinajstić information content (AvgIpc) is 2.36. The molecule has 0 bridgehead atoms. The van der Waals surface area contributed by atoms with E-state index in [-0.39, 0.29) is 0 Å². The number of halogens is 3. The Hall–Kier alpha value is -0.700. The third-order valence-electron chi connectivity index (χ3n) is 2.28. The Labute approximate surface area is 120 Å². The van der Waals surface area contributed by atoms with Crippen LogP contribution in [0.5, 0.6) is 0 Å². The van der Waals surface area contributed by atoms with Crippen LogP contribution in [0.2, 0.25) is 5.02 Å². The number of alkyl halides is 2. The number of aromatic nitrogens is 2. The van der Waals surface area contributed by atoms with E-state index < -0.39 is 0 Å². The molecule has 1 heterocycles. The third-order valence-corrected chi connectivity index (χ3v) is 3.66. The van der Waals surface area contributed by atoms with Gasteiger partial charge in [-0.05, 0) is 12.1 Å². The SMILES string of the molecule is N#Cc1cc2nc(CBr)c(CBr)nc2cc1Cl. The summed E-state index contributed by atoms with van der Waals surface area (Å²) in [4.78, 5) is 8.93. The fourth-order valence-electron chi connectivity index (χ4n) is 1.45. The van der Waals surface area contributed by atoms with E-state index in [0.29, 0.717) is 32.3 Å². The topological polar surface area (TPSA) is 49.6 Å². The monoisotopic (exact) mass is 373 g/mol. The molecular weight excluding hydrogens is 369 g/mol. The predicted molar refractivity (Wildman–Crippen MR) is 74.5 cm³/mol. The summed E-state index contributed by atoms with van der Waals surface area (Å²) in [6.45, 7) is 0. The number of hydrogen-bond acceptors (Lipinski definition) is 3. The molecule has 0 radical (unpaired) electrons. The van der Waals surface area contributed by atoms with Crippen molar-refractivity contribution in [2.45, 2.75) is 10.7 Å². The molecule has 0 saturated carbocycles. The van der Waals surface area contributed by atoms with E-state index in [2.05, 4.69) is 41.8 Å². The van der Waals surface area contributed by atoms with Gasteiger partial charge < -0.3 is 0 Å². The molecule has 86 valence electrons. The second-order valence-corrected chi connectivity index (χ2v) is 4.85. The Morgan fingerprint density at radius 2 is 1.65 bits per heavy atom. The molecule has 0 aliphatic heterocycles. The summed E-state index contributed by atoms with van der Waals surface area (Å²) in [5.74, 6) is 0. The van der Waals surface area contributed by atoms with Gasteiger partial charge in [0.2, 0.25) is 0 Å². The van der Waals surface area contributed by atoms with E-state index in [9.17, 15) is 0 Å². The van der Waals surface area contributed by atoms with Crippen LogP contribution in [0.1, 0.15) is 17.0 Å². The number of nitriles is 1. The van der Waals surface area contributed by atoms with Gasteiger partial charge in [0.15, 0.2) is 0 Å². The smallest absolute Gasteiger partial charge is 0.101 e. The van der Waals surface area contributed by atoms with Crippen LogP contribution in [-0.4, -0.2) is 9.97 Å². The van der Waals surface area contributed by atoms with E-state index in [1.807, 2.05) is 6.07 Å². The highest BCUT2D eigenvalue weighted by molar-refractivity contribution is 9.09. The summed E-state index contributed by atoms with van der Waals surface area (Å²) < 4.78 is 0. The Morgan fingerprint density at radius 3 is 2.12 bits per heavy atom. The first-order chi connectivity index (χ1) is 8.19.